The van der Waals surface area contributed by atoms with Gasteiger partial charge in [0.25, 0.3) is 5.91 Å². The lowest BCUT2D eigenvalue weighted by molar-refractivity contribution is 0.0780. The van der Waals surface area contributed by atoms with Crippen molar-refractivity contribution < 1.29 is 4.79 Å². The third-order valence-electron chi connectivity index (χ3n) is 5.54. The largest absolute Gasteiger partial charge is 0.368 e. The molecule has 3 heterocycles. The van der Waals surface area contributed by atoms with E-state index in [0.717, 1.165) is 52.9 Å². The zero-order valence-corrected chi connectivity index (χ0v) is 15.1. The third-order valence-corrected chi connectivity index (χ3v) is 5.54. The lowest BCUT2D eigenvalue weighted by Gasteiger charge is -2.39. The molecule has 0 aliphatic carbocycles. The topological polar surface area (TPSA) is 62.5 Å². The van der Waals surface area contributed by atoms with Crippen LogP contribution in [0.15, 0.2) is 54.6 Å². The molecule has 136 valence electrons. The van der Waals surface area contributed by atoms with Crippen LogP contribution < -0.4 is 10.6 Å². The van der Waals surface area contributed by atoms with E-state index in [9.17, 15) is 4.79 Å². The van der Waals surface area contributed by atoms with Crippen molar-refractivity contribution in [2.45, 2.75) is 19.0 Å². The molecule has 1 fully saturated rings. The van der Waals surface area contributed by atoms with Gasteiger partial charge in [0.05, 0.1) is 11.1 Å². The highest BCUT2D eigenvalue weighted by atomic mass is 16.2. The molecule has 0 spiro atoms. The van der Waals surface area contributed by atoms with Crippen molar-refractivity contribution in [2.24, 2.45) is 5.73 Å². The fourth-order valence-electron chi connectivity index (χ4n) is 4.05. The van der Waals surface area contributed by atoms with Gasteiger partial charge >= 0.3 is 0 Å². The lowest BCUT2D eigenvalue weighted by atomic mass is 10.0. The number of benzene rings is 2. The average molecular weight is 358 g/mol. The molecule has 2 aromatic carbocycles. The standard InChI is InChI=1S/C22H22N4O/c23-17-13-26(14-17)20-7-3-5-16-12-25(22(27)21(16)20)11-10-18-9-8-15-4-1-2-6-19(15)24-18/h1-9,17H,10-14,23H2. The Labute approximate surface area is 158 Å². The average Bonchev–Trinajstić information content (AvgIpc) is 3.00. The Kier molecular flexibility index (Phi) is 3.83. The molecule has 0 radical (unpaired) electrons. The molecule has 27 heavy (non-hydrogen) atoms. The van der Waals surface area contributed by atoms with Crippen LogP contribution in [0.25, 0.3) is 10.9 Å². The first kappa shape index (κ1) is 16.3. The van der Waals surface area contributed by atoms with Crippen LogP contribution in [-0.2, 0) is 13.0 Å². The van der Waals surface area contributed by atoms with Gasteiger partial charge in [0.1, 0.15) is 0 Å². The summed E-state index contributed by atoms with van der Waals surface area (Å²) in [6, 6.07) is 18.6. The summed E-state index contributed by atoms with van der Waals surface area (Å²) >= 11 is 0. The molecule has 2 aliphatic heterocycles. The number of hydrogen-bond acceptors (Lipinski definition) is 4. The van der Waals surface area contributed by atoms with Crippen molar-refractivity contribution in [3.8, 4) is 0 Å². The van der Waals surface area contributed by atoms with Crippen molar-refractivity contribution >= 4 is 22.5 Å². The number of carbonyl (C=O) groups excluding carboxylic acids is 1. The number of fused-ring (bicyclic) bond motifs is 2. The van der Waals surface area contributed by atoms with Gasteiger partial charge in [-0.15, -0.1) is 0 Å². The fourth-order valence-corrected chi connectivity index (χ4v) is 4.05. The van der Waals surface area contributed by atoms with Gasteiger partial charge in [-0.3, -0.25) is 9.78 Å². The van der Waals surface area contributed by atoms with Gasteiger partial charge in [-0.05, 0) is 23.8 Å². The monoisotopic (exact) mass is 358 g/mol. The Morgan fingerprint density at radius 1 is 1.04 bits per heavy atom. The van der Waals surface area contributed by atoms with Crippen molar-refractivity contribution in [3.63, 3.8) is 0 Å². The summed E-state index contributed by atoms with van der Waals surface area (Å²) in [5, 5.41) is 1.14. The Hall–Kier alpha value is -2.92. The number of rotatable bonds is 4. The normalized spacial score (nSPS) is 16.7. The van der Waals surface area contributed by atoms with Crippen molar-refractivity contribution in [1.82, 2.24) is 9.88 Å². The van der Waals surface area contributed by atoms with Gasteiger partial charge < -0.3 is 15.5 Å². The van der Waals surface area contributed by atoms with Crippen LogP contribution >= 0.6 is 0 Å². The maximum atomic E-state index is 13.0. The summed E-state index contributed by atoms with van der Waals surface area (Å²) in [6.45, 7) is 3.00. The molecule has 0 saturated carbocycles. The summed E-state index contributed by atoms with van der Waals surface area (Å²) in [7, 11) is 0. The van der Waals surface area contributed by atoms with E-state index in [2.05, 4.69) is 29.2 Å². The van der Waals surface area contributed by atoms with E-state index in [1.807, 2.05) is 35.2 Å². The highest BCUT2D eigenvalue weighted by Crippen LogP contribution is 2.33. The Balaban J connectivity index is 1.33. The van der Waals surface area contributed by atoms with Crippen LogP contribution in [0.4, 0.5) is 5.69 Å². The molecule has 2 N–H and O–H groups in total. The minimum Gasteiger partial charge on any atom is -0.368 e. The molecular formula is C22H22N4O. The number of hydrogen-bond donors (Lipinski definition) is 1. The van der Waals surface area contributed by atoms with Gasteiger partial charge in [-0.25, -0.2) is 0 Å². The zero-order valence-electron chi connectivity index (χ0n) is 15.1. The molecule has 5 heteroatoms. The number of pyridine rings is 1. The first-order valence-corrected chi connectivity index (χ1v) is 9.45. The van der Waals surface area contributed by atoms with Crippen molar-refractivity contribution in [3.05, 3.63) is 71.4 Å². The summed E-state index contributed by atoms with van der Waals surface area (Å²) in [5.74, 6) is 0.127. The Morgan fingerprint density at radius 3 is 2.74 bits per heavy atom. The maximum absolute atomic E-state index is 13.0. The van der Waals surface area contributed by atoms with Crippen molar-refractivity contribution in [2.75, 3.05) is 24.5 Å². The molecule has 1 saturated heterocycles. The van der Waals surface area contributed by atoms with Gasteiger partial charge in [0.15, 0.2) is 0 Å². The minimum atomic E-state index is 0.127. The number of para-hydroxylation sites is 1. The Morgan fingerprint density at radius 2 is 1.89 bits per heavy atom. The van der Waals surface area contributed by atoms with E-state index in [1.54, 1.807) is 0 Å². The lowest BCUT2D eigenvalue weighted by Crippen LogP contribution is -2.56. The zero-order chi connectivity index (χ0) is 18.4. The number of aromatic nitrogens is 1. The van der Waals surface area contributed by atoms with Gasteiger partial charge in [-0.2, -0.15) is 0 Å². The van der Waals surface area contributed by atoms with Crippen LogP contribution in [0.3, 0.4) is 0 Å². The van der Waals surface area contributed by atoms with E-state index in [-0.39, 0.29) is 11.9 Å². The SMILES string of the molecule is NC1CN(c2cccc3c2C(=O)N(CCc2ccc4ccccc4n2)C3)C1. The van der Waals surface area contributed by atoms with Gasteiger partial charge in [-0.1, -0.05) is 36.4 Å². The summed E-state index contributed by atoms with van der Waals surface area (Å²) < 4.78 is 0. The molecular weight excluding hydrogens is 336 g/mol. The predicted octanol–water partition coefficient (Wildman–Crippen LogP) is 2.58. The van der Waals surface area contributed by atoms with Crippen LogP contribution in [0, 0.1) is 0 Å². The number of nitrogens with two attached hydrogens (primary N) is 1. The number of carbonyl (C=O) groups is 1. The molecule has 2 aliphatic rings. The highest BCUT2D eigenvalue weighted by Gasteiger charge is 2.34. The quantitative estimate of drug-likeness (QED) is 0.779. The van der Waals surface area contributed by atoms with Gasteiger partial charge in [0.2, 0.25) is 0 Å². The second-order valence-electron chi connectivity index (χ2n) is 7.45. The predicted molar refractivity (Wildman–Crippen MR) is 107 cm³/mol. The van der Waals surface area contributed by atoms with Crippen LogP contribution in [0.1, 0.15) is 21.6 Å². The van der Waals surface area contributed by atoms with E-state index in [1.165, 1.54) is 0 Å². The van der Waals surface area contributed by atoms with E-state index in [0.29, 0.717) is 13.1 Å². The fraction of sp³-hybridized carbons (Fsp3) is 0.273. The molecule has 5 nitrogen and oxygen atoms in total. The van der Waals surface area contributed by atoms with E-state index in [4.69, 9.17) is 10.7 Å². The van der Waals surface area contributed by atoms with Crippen LogP contribution in [0.2, 0.25) is 0 Å². The third kappa shape index (κ3) is 2.84. The van der Waals surface area contributed by atoms with Crippen LogP contribution in [-0.4, -0.2) is 41.5 Å². The molecule has 1 amide bonds. The number of amides is 1. The first-order chi connectivity index (χ1) is 13.2. The first-order valence-electron chi connectivity index (χ1n) is 9.45. The molecule has 0 atom stereocenters. The second-order valence-corrected chi connectivity index (χ2v) is 7.45. The second kappa shape index (κ2) is 6.35. The number of nitrogens with zero attached hydrogens (tertiary/aromatic N) is 3. The van der Waals surface area contributed by atoms with E-state index >= 15 is 0 Å². The summed E-state index contributed by atoms with van der Waals surface area (Å²) in [5.41, 5.74) is 10.9. The van der Waals surface area contributed by atoms with E-state index < -0.39 is 0 Å². The van der Waals surface area contributed by atoms with Crippen LogP contribution in [0.5, 0.6) is 0 Å². The number of anilines is 1. The minimum absolute atomic E-state index is 0.127. The molecule has 0 unspecified atom stereocenters. The summed E-state index contributed by atoms with van der Waals surface area (Å²) in [6.07, 6.45) is 0.758. The summed E-state index contributed by atoms with van der Waals surface area (Å²) in [4.78, 5) is 21.9. The van der Waals surface area contributed by atoms with Gasteiger partial charge in [0, 0.05) is 55.4 Å². The molecule has 1 aromatic heterocycles. The molecule has 3 aromatic rings. The molecule has 0 bridgehead atoms. The van der Waals surface area contributed by atoms with Crippen molar-refractivity contribution in [1.29, 1.82) is 0 Å². The maximum Gasteiger partial charge on any atom is 0.256 e. The smallest absolute Gasteiger partial charge is 0.256 e. The molecule has 5 rings (SSSR count). The Bertz CT molecular complexity index is 1030. The highest BCUT2D eigenvalue weighted by molar-refractivity contribution is 6.03.